The van der Waals surface area contributed by atoms with Gasteiger partial charge >= 0.3 is 17.9 Å². The number of benzene rings is 3. The van der Waals surface area contributed by atoms with E-state index in [9.17, 15) is 41.1 Å². The first-order valence-corrected chi connectivity index (χ1v) is 33.4. The summed E-state index contributed by atoms with van der Waals surface area (Å²) in [4.78, 5) is 57.2. The number of anilines is 3. The van der Waals surface area contributed by atoms with Crippen molar-refractivity contribution in [3.05, 3.63) is 116 Å². The molecule has 7 heterocycles. The van der Waals surface area contributed by atoms with Crippen LogP contribution in [0.4, 0.5) is 17.1 Å². The molecule has 23 nitrogen and oxygen atoms in total. The largest absolute Gasteiger partial charge is 0.496 e. The number of furan rings is 3. The molecule has 4 aromatic heterocycles. The van der Waals surface area contributed by atoms with E-state index in [-0.39, 0.29) is 54.1 Å². The normalized spacial score (nSPS) is 15.4. The van der Waals surface area contributed by atoms with Gasteiger partial charge in [-0.05, 0) is 141 Å². The number of carbonyl (C=O) groups is 3. The number of carboxylic acid groups (broad SMARTS) is 1. The van der Waals surface area contributed by atoms with E-state index in [1.165, 1.54) is 48.7 Å². The van der Waals surface area contributed by atoms with Crippen LogP contribution in [0.1, 0.15) is 118 Å². The van der Waals surface area contributed by atoms with Gasteiger partial charge in [-0.2, -0.15) is 0 Å². The first kappa shape index (κ1) is 71.0. The van der Waals surface area contributed by atoms with Crippen LogP contribution in [0.25, 0.3) is 32.9 Å². The third-order valence-corrected chi connectivity index (χ3v) is 19.6. The maximum absolute atomic E-state index is 12.4. The van der Waals surface area contributed by atoms with Crippen molar-refractivity contribution in [2.75, 3.05) is 107 Å². The molecule has 7 aromatic rings. The number of aryl methyl sites for hydroxylation is 1. The van der Waals surface area contributed by atoms with Gasteiger partial charge in [0, 0.05) is 128 Å². The predicted molar refractivity (Wildman–Crippen MR) is 350 cm³/mol. The van der Waals surface area contributed by atoms with Gasteiger partial charge < -0.3 is 63.3 Å². The zero-order valence-corrected chi connectivity index (χ0v) is 55.5. The third-order valence-electron chi connectivity index (χ3n) is 17.0. The number of nitrogens with one attached hydrogen (secondary N) is 2. The van der Waals surface area contributed by atoms with Crippen molar-refractivity contribution < 1.29 is 63.8 Å². The number of sulfonamides is 2. The van der Waals surface area contributed by atoms with E-state index < -0.39 is 26.0 Å². The molecule has 0 saturated carbocycles. The summed E-state index contributed by atoms with van der Waals surface area (Å²) in [6.07, 6.45) is 12.3. The summed E-state index contributed by atoms with van der Waals surface area (Å²) in [6, 6.07) is 13.8. The Morgan fingerprint density at radius 1 is 0.607 bits per heavy atom. The second-order valence-corrected chi connectivity index (χ2v) is 26.1. The molecule has 3 saturated heterocycles. The number of piperidine rings is 3. The number of nitrogens with zero attached hydrogens (tertiary/aromatic N) is 5. The fourth-order valence-corrected chi connectivity index (χ4v) is 14.3. The van der Waals surface area contributed by atoms with Crippen LogP contribution in [0.15, 0.2) is 79.3 Å². The van der Waals surface area contributed by atoms with E-state index >= 15 is 0 Å². The number of aromatic carboxylic acids is 1. The highest BCUT2D eigenvalue weighted by Gasteiger charge is 2.33. The maximum atomic E-state index is 12.4. The summed E-state index contributed by atoms with van der Waals surface area (Å²) in [6.45, 7) is 20.4. The zero-order valence-electron chi connectivity index (χ0n) is 53.0. The number of fused-ring (bicyclic) bond motifs is 3. The number of hydrogen-bond acceptors (Lipinski definition) is 19. The number of halogens is 1. The van der Waals surface area contributed by atoms with Crippen LogP contribution in [-0.2, 0) is 36.1 Å². The number of methoxy groups -OCH3 is 3. The third kappa shape index (κ3) is 16.1. The van der Waals surface area contributed by atoms with Crippen LogP contribution in [0.2, 0.25) is 0 Å². The van der Waals surface area contributed by atoms with Crippen molar-refractivity contribution in [3.63, 3.8) is 0 Å². The van der Waals surface area contributed by atoms with Crippen LogP contribution >= 0.6 is 12.4 Å². The van der Waals surface area contributed by atoms with E-state index in [0.717, 1.165) is 102 Å². The molecular weight excluding hydrogens is 1210 g/mol. The van der Waals surface area contributed by atoms with Gasteiger partial charge in [0.2, 0.25) is 20.0 Å². The molecule has 89 heavy (non-hydrogen) atoms. The van der Waals surface area contributed by atoms with E-state index in [4.69, 9.17) is 33.2 Å². The number of carboxylic acids is 1. The molecule has 26 heteroatoms. The Balaban J connectivity index is 0.000000194. The molecule has 3 aromatic carbocycles. The molecule has 0 atom stereocenters. The second kappa shape index (κ2) is 31.1. The van der Waals surface area contributed by atoms with Gasteiger partial charge in [-0.3, -0.25) is 4.79 Å². The quantitative estimate of drug-likeness (QED) is 0.0655. The summed E-state index contributed by atoms with van der Waals surface area (Å²) >= 11 is 0. The van der Waals surface area contributed by atoms with E-state index in [1.807, 2.05) is 45.9 Å². The van der Waals surface area contributed by atoms with Crippen molar-refractivity contribution in [1.82, 2.24) is 18.9 Å². The lowest BCUT2D eigenvalue weighted by atomic mass is 9.98. The Labute approximate surface area is 527 Å². The van der Waals surface area contributed by atoms with Crippen LogP contribution in [0.5, 0.6) is 5.75 Å². The van der Waals surface area contributed by atoms with E-state index in [0.29, 0.717) is 96.2 Å². The lowest BCUT2D eigenvalue weighted by Gasteiger charge is -2.39. The van der Waals surface area contributed by atoms with Crippen LogP contribution < -0.4 is 36.0 Å². The number of nitrogens with two attached hydrogens (primary N) is 1. The number of aromatic amines is 1. The first-order chi connectivity index (χ1) is 41.9. The summed E-state index contributed by atoms with van der Waals surface area (Å²) in [5, 5.41) is 15.2. The van der Waals surface area contributed by atoms with Gasteiger partial charge in [-0.1, -0.05) is 0 Å². The molecule has 0 spiro atoms. The molecule has 3 fully saturated rings. The second-order valence-electron chi connectivity index (χ2n) is 22.1. The van der Waals surface area contributed by atoms with Gasteiger partial charge in [-0.25, -0.2) is 39.8 Å². The average Bonchev–Trinajstić information content (AvgIpc) is 1.91. The topological polar surface area (TPSA) is 294 Å². The van der Waals surface area contributed by atoms with Crippen molar-refractivity contribution in [1.29, 1.82) is 0 Å². The van der Waals surface area contributed by atoms with Gasteiger partial charge in [0.1, 0.15) is 22.5 Å². The number of rotatable bonds is 16. The molecule has 0 amide bonds. The Kier molecular flexibility index (Phi) is 24.8. The number of esters is 2. The Bertz CT molecular complexity index is 3880. The van der Waals surface area contributed by atoms with Gasteiger partial charge in [0.05, 0.1) is 74.9 Å². The fraction of sp³-hybridized carbons (Fsp3) is 0.492. The van der Waals surface area contributed by atoms with Crippen molar-refractivity contribution in [2.24, 2.45) is 5.73 Å². The predicted octanol–water partition coefficient (Wildman–Crippen LogP) is 9.15. The highest BCUT2D eigenvalue weighted by Crippen LogP contribution is 2.38. The molecule has 0 unspecified atom stereocenters. The van der Waals surface area contributed by atoms with Gasteiger partial charge in [0.25, 0.3) is 5.56 Å². The molecule has 488 valence electrons. The smallest absolute Gasteiger partial charge is 0.338 e. The molecular formula is C63H87ClN8O15S2. The standard InChI is InChI=1S/C19H26N2O5S.C18H24N2O5S.C18H24N2O3.C8H12N2O2.ClH/c1-5-21(14-6-9-20(10-7-14)27(4,23)24)16-12-17-15(8-11-26-17)18(13(16)2)19(22)25-3;1-4-20(13-5-8-19(9-6-13)26(3,23)24)15-11-16-14(7-10-25-16)17(12(15)2)18(21)22;1-4-20(13-5-8-19-9-6-13)15-11-16-14(7-10-23-16)17(12(15)2)18(21)22-3;1-5-3-7(12-2)6(4-9)8(11)10-5;/h8,11-12,14H,5-7,9-10H2,1-4H3;7,10-11,13H,4-6,8-9H2,1-3H3,(H,21,22);7,10-11,13,19H,4-6,8-9H2,1-3H3;3H,4,9H2,1-2H3,(H,10,11);1H. The number of hydrogen-bond donors (Lipinski definition) is 4. The van der Waals surface area contributed by atoms with Gasteiger partial charge in [-0.15, -0.1) is 12.4 Å². The minimum Gasteiger partial charge on any atom is -0.496 e. The molecule has 10 rings (SSSR count). The lowest BCUT2D eigenvalue weighted by molar-refractivity contribution is 0.0593. The minimum absolute atomic E-state index is 0. The molecule has 3 aliphatic heterocycles. The summed E-state index contributed by atoms with van der Waals surface area (Å²) < 4.78 is 81.6. The van der Waals surface area contributed by atoms with Crippen molar-refractivity contribution in [2.45, 2.75) is 112 Å². The van der Waals surface area contributed by atoms with Crippen LogP contribution in [0, 0.1) is 27.7 Å². The maximum Gasteiger partial charge on any atom is 0.338 e. The van der Waals surface area contributed by atoms with E-state index in [2.05, 4.69) is 44.9 Å². The molecule has 0 aliphatic carbocycles. The summed E-state index contributed by atoms with van der Waals surface area (Å²) in [5.74, 6) is -1.11. The highest BCUT2D eigenvalue weighted by molar-refractivity contribution is 7.88. The number of pyridine rings is 1. The van der Waals surface area contributed by atoms with Gasteiger partial charge in [0.15, 0.2) is 0 Å². The molecule has 5 N–H and O–H groups in total. The Morgan fingerprint density at radius 3 is 1.27 bits per heavy atom. The summed E-state index contributed by atoms with van der Waals surface area (Å²) in [7, 11) is -2.01. The molecule has 0 radical (unpaired) electrons. The average molecular weight is 1300 g/mol. The minimum atomic E-state index is -3.17. The Hall–Kier alpha value is -7.13. The van der Waals surface area contributed by atoms with Crippen LogP contribution in [-0.4, -0.2) is 164 Å². The number of H-pyrrole nitrogens is 1. The summed E-state index contributed by atoms with van der Waals surface area (Å²) in [5.41, 5.74) is 15.1. The zero-order chi connectivity index (χ0) is 64.4. The monoisotopic (exact) mass is 1290 g/mol. The van der Waals surface area contributed by atoms with E-state index in [1.54, 1.807) is 37.6 Å². The number of aromatic nitrogens is 1. The SMILES string of the molecule is CCN(c1cc2occc2c(C(=O)O)c1C)C1CCN(S(C)(=O)=O)CC1.CCN(c1cc2occc2c(C(=O)OC)c1C)C1CCN(S(C)(=O)=O)CC1.CCN(c1cc2occc2c(C(=O)OC)c1C)C1CCNCC1.COc1cc(C)[nH]c(=O)c1CN.Cl. The number of ether oxygens (including phenoxy) is 3. The molecule has 3 aliphatic rings. The molecule has 0 bridgehead atoms. The first-order valence-electron chi connectivity index (χ1n) is 29.7. The van der Waals surface area contributed by atoms with Crippen molar-refractivity contribution >= 4 is 100 Å². The highest BCUT2D eigenvalue weighted by atomic mass is 35.5. The Morgan fingerprint density at radius 2 is 0.955 bits per heavy atom. The fourth-order valence-electron chi connectivity index (χ4n) is 12.5. The van der Waals surface area contributed by atoms with Crippen LogP contribution in [0.3, 0.4) is 0 Å². The number of carbonyl (C=O) groups excluding carboxylic acids is 2. The lowest BCUT2D eigenvalue weighted by Crippen LogP contribution is -2.46. The van der Waals surface area contributed by atoms with Crippen molar-refractivity contribution in [3.8, 4) is 5.75 Å².